The Bertz CT molecular complexity index is 919. The first-order chi connectivity index (χ1) is 15.5. The Morgan fingerprint density at radius 1 is 1.15 bits per heavy atom. The second-order valence-electron chi connectivity index (χ2n) is 8.64. The summed E-state index contributed by atoms with van der Waals surface area (Å²) in [6, 6.07) is 6.11. The molecule has 0 atom stereocenters. The van der Waals surface area contributed by atoms with Crippen molar-refractivity contribution in [3.63, 3.8) is 0 Å². The average Bonchev–Trinajstić information content (AvgIpc) is 3.23. The number of allylic oxidation sites excluding steroid dienone is 1. The number of methoxy groups -OCH3 is 1. The zero-order valence-electron chi connectivity index (χ0n) is 19.5. The van der Waals surface area contributed by atoms with Crippen LogP contribution in [0.1, 0.15) is 57.4 Å². The zero-order chi connectivity index (χ0) is 24.7. The highest BCUT2D eigenvalue weighted by molar-refractivity contribution is 7.93. The van der Waals surface area contributed by atoms with Gasteiger partial charge in [0, 0.05) is 32.5 Å². The molecule has 0 bridgehead atoms. The molecule has 3 rings (SSSR count). The lowest BCUT2D eigenvalue weighted by Gasteiger charge is -2.44. The lowest BCUT2D eigenvalue weighted by Crippen LogP contribution is -2.38. The van der Waals surface area contributed by atoms with Crippen LogP contribution in [0.25, 0.3) is 0 Å². The van der Waals surface area contributed by atoms with Crippen LogP contribution < -0.4 is 4.72 Å². The van der Waals surface area contributed by atoms with Gasteiger partial charge in [-0.05, 0) is 48.3 Å². The summed E-state index contributed by atoms with van der Waals surface area (Å²) in [5.41, 5.74) is -3.09. The van der Waals surface area contributed by atoms with Crippen molar-refractivity contribution in [1.82, 2.24) is 4.90 Å². The Morgan fingerprint density at radius 3 is 2.33 bits per heavy atom. The van der Waals surface area contributed by atoms with Gasteiger partial charge in [-0.2, -0.15) is 21.6 Å². The fourth-order valence-corrected chi connectivity index (χ4v) is 4.97. The Balaban J connectivity index is 0.000000569. The monoisotopic (exact) mass is 488 g/mol. The predicted octanol–water partition coefficient (Wildman–Crippen LogP) is 6.22. The first kappa shape index (κ1) is 27.2. The SMILES string of the molecule is C=C1C(=C)C2(CCCC2)CCN1Cc1ccccc1NS(=O)(=O)C(F)(F)F.CCCCOC. The fraction of sp³-hybridized carbons (Fsp3) is 0.583. The summed E-state index contributed by atoms with van der Waals surface area (Å²) in [7, 11) is -3.73. The van der Waals surface area contributed by atoms with E-state index in [-0.39, 0.29) is 17.6 Å². The number of hydrogen-bond acceptors (Lipinski definition) is 4. The van der Waals surface area contributed by atoms with Crippen LogP contribution >= 0.6 is 0 Å². The summed E-state index contributed by atoms with van der Waals surface area (Å²) in [4.78, 5) is 1.96. The molecule has 1 spiro atoms. The van der Waals surface area contributed by atoms with Crippen LogP contribution in [0.3, 0.4) is 0 Å². The summed E-state index contributed by atoms with van der Waals surface area (Å²) >= 11 is 0. The quantitative estimate of drug-likeness (QED) is 0.463. The van der Waals surface area contributed by atoms with E-state index in [2.05, 4.69) is 20.1 Å². The zero-order valence-corrected chi connectivity index (χ0v) is 20.3. The molecule has 9 heteroatoms. The van der Waals surface area contributed by atoms with Crippen LogP contribution in [0.5, 0.6) is 0 Å². The normalized spacial score (nSPS) is 18.3. The number of halogens is 3. The van der Waals surface area contributed by atoms with Gasteiger partial charge in [0.15, 0.2) is 0 Å². The van der Waals surface area contributed by atoms with Crippen molar-refractivity contribution in [2.24, 2.45) is 5.41 Å². The number of para-hydroxylation sites is 1. The van der Waals surface area contributed by atoms with Crippen molar-refractivity contribution in [2.75, 3.05) is 25.0 Å². The average molecular weight is 489 g/mol. The topological polar surface area (TPSA) is 58.6 Å². The molecule has 5 nitrogen and oxygen atoms in total. The number of anilines is 1. The minimum Gasteiger partial charge on any atom is -0.385 e. The van der Waals surface area contributed by atoms with E-state index in [0.29, 0.717) is 5.56 Å². The molecule has 1 aromatic carbocycles. The van der Waals surface area contributed by atoms with Gasteiger partial charge in [-0.1, -0.05) is 57.5 Å². The molecule has 1 heterocycles. The standard InChI is InChI=1S/C19H23F3N2O2S.C5H12O/c1-14-15(2)24(12-11-18(14)9-5-6-10-18)13-16-7-3-4-8-17(16)23-27(25,26)19(20,21)22;1-3-4-5-6-2/h3-4,7-8,23H,1-2,5-6,9-13H2;3-5H2,1-2H3. The van der Waals surface area contributed by atoms with Crippen LogP contribution in [0.2, 0.25) is 0 Å². The number of sulfonamides is 1. The third kappa shape index (κ3) is 6.76. The van der Waals surface area contributed by atoms with Crippen molar-refractivity contribution in [1.29, 1.82) is 0 Å². The summed E-state index contributed by atoms with van der Waals surface area (Å²) in [5.74, 6) is 0. The second kappa shape index (κ2) is 11.4. The fourth-order valence-electron chi connectivity index (χ4n) is 4.36. The first-order valence-electron chi connectivity index (χ1n) is 11.3. The first-order valence-corrected chi connectivity index (χ1v) is 12.8. The molecule has 1 aliphatic heterocycles. The van der Waals surface area contributed by atoms with Crippen molar-refractivity contribution >= 4 is 15.7 Å². The molecule has 1 aliphatic carbocycles. The van der Waals surface area contributed by atoms with Crippen molar-refractivity contribution in [2.45, 2.75) is 63.9 Å². The molecule has 0 radical (unpaired) electrons. The maximum Gasteiger partial charge on any atom is 0.516 e. The number of ether oxygens (including phenoxy) is 1. The molecular formula is C24H35F3N2O3S. The summed E-state index contributed by atoms with van der Waals surface area (Å²) < 4.78 is 67.5. The molecule has 33 heavy (non-hydrogen) atoms. The Kier molecular flexibility index (Phi) is 9.43. The highest BCUT2D eigenvalue weighted by atomic mass is 32.2. The number of alkyl halides is 3. The maximum absolute atomic E-state index is 12.7. The van der Waals surface area contributed by atoms with Crippen LogP contribution in [-0.2, 0) is 21.3 Å². The summed E-state index contributed by atoms with van der Waals surface area (Å²) in [6.45, 7) is 12.4. The molecule has 1 saturated heterocycles. The lowest BCUT2D eigenvalue weighted by molar-refractivity contribution is -0.0429. The van der Waals surface area contributed by atoms with Gasteiger partial charge in [0.05, 0.1) is 5.69 Å². The number of rotatable bonds is 7. The van der Waals surface area contributed by atoms with Gasteiger partial charge >= 0.3 is 15.5 Å². The maximum atomic E-state index is 12.7. The van der Waals surface area contributed by atoms with Gasteiger partial charge in [-0.3, -0.25) is 4.72 Å². The molecule has 0 aromatic heterocycles. The number of unbranched alkanes of at least 4 members (excludes halogenated alkanes) is 1. The van der Waals surface area contributed by atoms with Gasteiger partial charge < -0.3 is 9.64 Å². The lowest BCUT2D eigenvalue weighted by atomic mass is 9.72. The number of nitrogens with one attached hydrogen (secondary N) is 1. The minimum absolute atomic E-state index is 0.0746. The summed E-state index contributed by atoms with van der Waals surface area (Å²) in [6.07, 6.45) is 7.90. The van der Waals surface area contributed by atoms with Crippen LogP contribution in [0.15, 0.2) is 48.7 Å². The Morgan fingerprint density at radius 2 is 1.79 bits per heavy atom. The highest BCUT2D eigenvalue weighted by Crippen LogP contribution is 2.51. The molecular weight excluding hydrogens is 453 g/mol. The van der Waals surface area contributed by atoms with Gasteiger partial charge in [0.25, 0.3) is 0 Å². The summed E-state index contributed by atoms with van der Waals surface area (Å²) in [5, 5.41) is 0. The third-order valence-electron chi connectivity index (χ3n) is 6.42. The van der Waals surface area contributed by atoms with Gasteiger partial charge in [0.2, 0.25) is 0 Å². The van der Waals surface area contributed by atoms with E-state index in [9.17, 15) is 21.6 Å². The van der Waals surface area contributed by atoms with Gasteiger partial charge in [0.1, 0.15) is 0 Å². The third-order valence-corrected chi connectivity index (χ3v) is 7.52. The highest BCUT2D eigenvalue weighted by Gasteiger charge is 2.46. The van der Waals surface area contributed by atoms with E-state index in [4.69, 9.17) is 4.74 Å². The molecule has 2 fully saturated rings. The van der Waals surface area contributed by atoms with E-state index >= 15 is 0 Å². The van der Waals surface area contributed by atoms with Gasteiger partial charge in [-0.15, -0.1) is 0 Å². The minimum atomic E-state index is -5.47. The van der Waals surface area contributed by atoms with Crippen LogP contribution in [0, 0.1) is 5.41 Å². The molecule has 1 aromatic rings. The Hall–Kier alpha value is -2.00. The number of likely N-dealkylation sites (tertiary alicyclic amines) is 1. The largest absolute Gasteiger partial charge is 0.516 e. The molecule has 2 aliphatic rings. The predicted molar refractivity (Wildman–Crippen MR) is 126 cm³/mol. The van der Waals surface area contributed by atoms with Crippen LogP contribution in [-0.4, -0.2) is 39.1 Å². The van der Waals surface area contributed by atoms with E-state index < -0.39 is 15.5 Å². The van der Waals surface area contributed by atoms with Crippen molar-refractivity contribution in [3.8, 4) is 0 Å². The molecule has 186 valence electrons. The van der Waals surface area contributed by atoms with E-state index in [1.807, 2.05) is 4.90 Å². The number of nitrogens with zero attached hydrogens (tertiary/aromatic N) is 1. The number of benzene rings is 1. The van der Waals surface area contributed by atoms with E-state index in [0.717, 1.165) is 43.7 Å². The Labute approximate surface area is 195 Å². The van der Waals surface area contributed by atoms with Crippen molar-refractivity contribution in [3.05, 3.63) is 54.3 Å². The second-order valence-corrected chi connectivity index (χ2v) is 10.3. The molecule has 1 saturated carbocycles. The molecule has 0 amide bonds. The number of piperidine rings is 1. The smallest absolute Gasteiger partial charge is 0.385 e. The van der Waals surface area contributed by atoms with E-state index in [1.54, 1.807) is 24.0 Å². The molecule has 1 N–H and O–H groups in total. The molecule has 0 unspecified atom stereocenters. The van der Waals surface area contributed by atoms with E-state index in [1.165, 1.54) is 37.8 Å². The van der Waals surface area contributed by atoms with Crippen LogP contribution in [0.4, 0.5) is 18.9 Å². The number of hydrogen-bond donors (Lipinski definition) is 1. The van der Waals surface area contributed by atoms with Gasteiger partial charge in [-0.25, -0.2) is 0 Å². The van der Waals surface area contributed by atoms with Crippen molar-refractivity contribution < 1.29 is 26.3 Å².